The molecule has 0 atom stereocenters. The second kappa shape index (κ2) is 7.08. The van der Waals surface area contributed by atoms with Gasteiger partial charge >= 0.3 is 0 Å². The molecule has 1 spiro atoms. The van der Waals surface area contributed by atoms with Crippen LogP contribution in [-0.4, -0.2) is 53.7 Å². The molecular weight excluding hydrogens is 354 g/mol. The van der Waals surface area contributed by atoms with E-state index in [1.807, 2.05) is 47.4 Å². The van der Waals surface area contributed by atoms with Crippen molar-refractivity contribution < 1.29 is 14.4 Å². The maximum Gasteiger partial charge on any atom is 0.238 e. The lowest BCUT2D eigenvalue weighted by atomic mass is 9.77. The summed E-state index contributed by atoms with van der Waals surface area (Å²) >= 11 is 0. The summed E-state index contributed by atoms with van der Waals surface area (Å²) in [6.45, 7) is 2.57. The summed E-state index contributed by atoms with van der Waals surface area (Å²) < 4.78 is 0. The number of rotatable bonds is 5. The third kappa shape index (κ3) is 3.43. The summed E-state index contributed by atoms with van der Waals surface area (Å²) in [5.74, 6) is -0.416. The van der Waals surface area contributed by atoms with Crippen LogP contribution in [0.2, 0.25) is 0 Å². The molecule has 2 N–H and O–H groups in total. The van der Waals surface area contributed by atoms with E-state index in [4.69, 9.17) is 5.73 Å². The zero-order valence-electron chi connectivity index (χ0n) is 16.1. The maximum atomic E-state index is 12.7. The zero-order valence-corrected chi connectivity index (χ0v) is 16.1. The van der Waals surface area contributed by atoms with E-state index in [1.165, 1.54) is 0 Å². The Hall–Kier alpha value is -2.63. The lowest BCUT2D eigenvalue weighted by molar-refractivity contribution is -0.144. The highest BCUT2D eigenvalue weighted by molar-refractivity contribution is 6.07. The molecule has 3 amide bonds. The SMILES string of the molecule is NC(=O)C1(C(=O)N2CCC3(CC2)CC(=O)N(C/C=C/c2ccccc2)C3)CC1. The number of nitrogens with two attached hydrogens (primary N) is 1. The minimum Gasteiger partial charge on any atom is -0.369 e. The van der Waals surface area contributed by atoms with Crippen molar-refractivity contribution in [3.05, 3.63) is 42.0 Å². The summed E-state index contributed by atoms with van der Waals surface area (Å²) in [5.41, 5.74) is 5.58. The van der Waals surface area contributed by atoms with E-state index in [1.54, 1.807) is 4.90 Å². The van der Waals surface area contributed by atoms with Gasteiger partial charge in [0.2, 0.25) is 17.7 Å². The minimum atomic E-state index is -0.940. The number of nitrogens with zero attached hydrogens (tertiary/aromatic N) is 2. The van der Waals surface area contributed by atoms with Crippen LogP contribution >= 0.6 is 0 Å². The molecule has 2 aliphatic heterocycles. The first kappa shape index (κ1) is 18.7. The van der Waals surface area contributed by atoms with E-state index in [-0.39, 0.29) is 17.2 Å². The van der Waals surface area contributed by atoms with Crippen molar-refractivity contribution in [2.75, 3.05) is 26.2 Å². The zero-order chi connectivity index (χ0) is 19.8. The predicted molar refractivity (Wildman–Crippen MR) is 106 cm³/mol. The van der Waals surface area contributed by atoms with Crippen molar-refractivity contribution in [1.29, 1.82) is 0 Å². The number of piperidine rings is 1. The van der Waals surface area contributed by atoms with Gasteiger partial charge in [-0.3, -0.25) is 14.4 Å². The van der Waals surface area contributed by atoms with E-state index < -0.39 is 11.3 Å². The highest BCUT2D eigenvalue weighted by Gasteiger charge is 2.58. The largest absolute Gasteiger partial charge is 0.369 e. The second-order valence-corrected chi connectivity index (χ2v) is 8.50. The Kier molecular flexibility index (Phi) is 4.73. The smallest absolute Gasteiger partial charge is 0.238 e. The summed E-state index contributed by atoms with van der Waals surface area (Å²) in [5, 5.41) is 0. The second-order valence-electron chi connectivity index (χ2n) is 8.50. The van der Waals surface area contributed by atoms with Gasteiger partial charge in [0, 0.05) is 38.0 Å². The highest BCUT2D eigenvalue weighted by atomic mass is 16.2. The van der Waals surface area contributed by atoms with Gasteiger partial charge in [-0.1, -0.05) is 42.5 Å². The van der Waals surface area contributed by atoms with Crippen molar-refractivity contribution in [2.45, 2.75) is 32.1 Å². The van der Waals surface area contributed by atoms with Crippen LogP contribution in [0.1, 0.15) is 37.7 Å². The van der Waals surface area contributed by atoms with Crippen molar-refractivity contribution >= 4 is 23.8 Å². The maximum absolute atomic E-state index is 12.7. The number of amides is 3. The first-order valence-corrected chi connectivity index (χ1v) is 10.0. The molecule has 148 valence electrons. The van der Waals surface area contributed by atoms with Gasteiger partial charge in [0.15, 0.2) is 0 Å². The summed E-state index contributed by atoms with van der Waals surface area (Å²) in [4.78, 5) is 40.5. The first-order chi connectivity index (χ1) is 13.4. The fourth-order valence-corrected chi connectivity index (χ4v) is 4.54. The molecule has 6 nitrogen and oxygen atoms in total. The number of carbonyl (C=O) groups is 3. The molecule has 0 aromatic heterocycles. The molecule has 2 saturated heterocycles. The Bertz CT molecular complexity index is 806. The number of likely N-dealkylation sites (tertiary alicyclic amines) is 2. The van der Waals surface area contributed by atoms with Gasteiger partial charge in [-0.15, -0.1) is 0 Å². The predicted octanol–water partition coefficient (Wildman–Crippen LogP) is 1.81. The van der Waals surface area contributed by atoms with Crippen molar-refractivity contribution in [3.8, 4) is 0 Å². The van der Waals surface area contributed by atoms with Crippen molar-refractivity contribution in [1.82, 2.24) is 9.80 Å². The molecule has 28 heavy (non-hydrogen) atoms. The van der Waals surface area contributed by atoms with Gasteiger partial charge in [-0.2, -0.15) is 0 Å². The Balaban J connectivity index is 1.32. The van der Waals surface area contributed by atoms with Crippen LogP contribution in [-0.2, 0) is 14.4 Å². The fraction of sp³-hybridized carbons (Fsp3) is 0.500. The number of carbonyl (C=O) groups excluding carboxylic acids is 3. The van der Waals surface area contributed by atoms with Crippen molar-refractivity contribution in [3.63, 3.8) is 0 Å². The third-order valence-corrected chi connectivity index (χ3v) is 6.58. The Morgan fingerprint density at radius 1 is 1.07 bits per heavy atom. The molecule has 1 saturated carbocycles. The van der Waals surface area contributed by atoms with Crippen LogP contribution in [0.4, 0.5) is 0 Å². The van der Waals surface area contributed by atoms with Gasteiger partial charge in [0.1, 0.15) is 5.41 Å². The summed E-state index contributed by atoms with van der Waals surface area (Å²) in [7, 11) is 0. The van der Waals surface area contributed by atoms with Gasteiger partial charge in [0.05, 0.1) is 0 Å². The van der Waals surface area contributed by atoms with E-state index in [0.29, 0.717) is 38.9 Å². The molecule has 1 aromatic carbocycles. The van der Waals surface area contributed by atoms with Crippen LogP contribution in [0.5, 0.6) is 0 Å². The van der Waals surface area contributed by atoms with Crippen LogP contribution in [0.3, 0.4) is 0 Å². The molecule has 0 radical (unpaired) electrons. The van der Waals surface area contributed by atoms with Gasteiger partial charge in [-0.05, 0) is 31.2 Å². The molecule has 3 aliphatic rings. The van der Waals surface area contributed by atoms with E-state index >= 15 is 0 Å². The topological polar surface area (TPSA) is 83.7 Å². The van der Waals surface area contributed by atoms with Crippen LogP contribution in [0.15, 0.2) is 36.4 Å². The Morgan fingerprint density at radius 2 is 1.75 bits per heavy atom. The number of primary amides is 1. The fourth-order valence-electron chi connectivity index (χ4n) is 4.54. The van der Waals surface area contributed by atoms with Gasteiger partial charge in [0.25, 0.3) is 0 Å². The standard InChI is InChI=1S/C22H27N3O3/c23-19(27)22(8-9-22)20(28)24-13-10-21(11-14-24)15-18(26)25(16-21)12-4-7-17-5-2-1-3-6-17/h1-7H,8-16H2,(H2,23,27)/b7-4+. The molecule has 1 aromatic rings. The lowest BCUT2D eigenvalue weighted by Crippen LogP contribution is -2.49. The number of hydrogen-bond acceptors (Lipinski definition) is 3. The molecule has 2 heterocycles. The van der Waals surface area contributed by atoms with Crippen molar-refractivity contribution in [2.24, 2.45) is 16.6 Å². The number of benzene rings is 1. The summed E-state index contributed by atoms with van der Waals surface area (Å²) in [6, 6.07) is 10.0. The molecule has 0 unspecified atom stereocenters. The van der Waals surface area contributed by atoms with E-state index in [9.17, 15) is 14.4 Å². The van der Waals surface area contributed by atoms with Gasteiger partial charge in [-0.25, -0.2) is 0 Å². The third-order valence-electron chi connectivity index (χ3n) is 6.58. The minimum absolute atomic E-state index is 0.0438. The van der Waals surface area contributed by atoms with Crippen LogP contribution in [0.25, 0.3) is 6.08 Å². The quantitative estimate of drug-likeness (QED) is 0.790. The molecule has 6 heteroatoms. The van der Waals surface area contributed by atoms with Crippen LogP contribution in [0, 0.1) is 10.8 Å². The Morgan fingerprint density at radius 3 is 2.36 bits per heavy atom. The van der Waals surface area contributed by atoms with E-state index in [0.717, 1.165) is 24.9 Å². The molecule has 0 bridgehead atoms. The van der Waals surface area contributed by atoms with E-state index in [2.05, 4.69) is 0 Å². The first-order valence-electron chi connectivity index (χ1n) is 10.0. The average molecular weight is 381 g/mol. The normalized spacial score (nSPS) is 22.8. The van der Waals surface area contributed by atoms with Gasteiger partial charge < -0.3 is 15.5 Å². The monoisotopic (exact) mass is 381 g/mol. The van der Waals surface area contributed by atoms with Crippen LogP contribution < -0.4 is 5.73 Å². The molecule has 3 fully saturated rings. The number of hydrogen-bond donors (Lipinski definition) is 1. The Labute approximate surface area is 165 Å². The molecule has 1 aliphatic carbocycles. The molecular formula is C22H27N3O3. The average Bonchev–Trinajstić information content (AvgIpc) is 3.45. The summed E-state index contributed by atoms with van der Waals surface area (Å²) in [6.07, 6.45) is 7.38. The highest BCUT2D eigenvalue weighted by Crippen LogP contribution is 2.48. The lowest BCUT2D eigenvalue weighted by Gasteiger charge is -2.39. The molecule has 4 rings (SSSR count).